The molecule has 1 aromatic carbocycles. The molecule has 1 saturated heterocycles. The second-order valence-corrected chi connectivity index (χ2v) is 6.55. The van der Waals surface area contributed by atoms with Gasteiger partial charge in [-0.05, 0) is 29.4 Å². The van der Waals surface area contributed by atoms with E-state index in [1.54, 1.807) is 6.92 Å². The smallest absolute Gasteiger partial charge is 0.358 e. The first-order valence-electron chi connectivity index (χ1n) is 14.3. The van der Waals surface area contributed by atoms with E-state index in [0.29, 0.717) is 18.0 Å². The van der Waals surface area contributed by atoms with Crippen LogP contribution in [0.5, 0.6) is 0 Å². The third-order valence-corrected chi connectivity index (χ3v) is 4.99. The summed E-state index contributed by atoms with van der Waals surface area (Å²) in [4.78, 5) is 28.2. The van der Waals surface area contributed by atoms with Crippen molar-refractivity contribution in [2.24, 2.45) is 0 Å². The third kappa shape index (κ3) is 4.40. The molecule has 0 unspecified atom stereocenters. The second kappa shape index (κ2) is 9.32. The Kier molecular flexibility index (Phi) is 3.73. The fourth-order valence-corrected chi connectivity index (χ4v) is 3.34. The highest BCUT2D eigenvalue weighted by molar-refractivity contribution is 5.94. The van der Waals surface area contributed by atoms with Crippen molar-refractivity contribution in [3.63, 3.8) is 0 Å². The molecule has 0 N–H and O–H groups in total. The van der Waals surface area contributed by atoms with Gasteiger partial charge in [-0.1, -0.05) is 25.1 Å². The van der Waals surface area contributed by atoms with E-state index in [2.05, 4.69) is 10.4 Å². The number of nitrogens with zero attached hydrogens (tertiary/aromatic N) is 6. The van der Waals surface area contributed by atoms with Gasteiger partial charge in [-0.2, -0.15) is 9.36 Å². The largest absolute Gasteiger partial charge is 0.363 e. The molecule has 9 heteroatoms. The third-order valence-electron chi connectivity index (χ3n) is 4.99. The molecule has 3 rings (SSSR count). The molecule has 0 aliphatic carbocycles. The summed E-state index contributed by atoms with van der Waals surface area (Å²) in [5.74, 6) is -1.32. The van der Waals surface area contributed by atoms with E-state index in [9.17, 15) is 9.59 Å². The minimum absolute atomic E-state index is 0.113. The number of methoxy groups -OCH3 is 1. The summed E-state index contributed by atoms with van der Waals surface area (Å²) in [6, 6.07) is -3.86. The van der Waals surface area contributed by atoms with Gasteiger partial charge in [-0.25, -0.2) is 4.79 Å². The predicted octanol–water partition coefficient (Wildman–Crippen LogP) is 1.34. The van der Waals surface area contributed by atoms with Crippen LogP contribution in [0.1, 0.15) is 46.8 Å². The van der Waals surface area contributed by atoms with Gasteiger partial charge >= 0.3 is 5.69 Å². The molecule has 1 aliphatic rings. The summed E-state index contributed by atoms with van der Waals surface area (Å²) in [6.45, 7) is 3.74. The standard InChI is InChI=1S/C20H30N6O3/c1-4-18(27)26(17-9-7-6-8-10-17)20(29-3)11-13-23(14-12-20)15-16-25-19(28)24(5-2)21-22-25/h6-10H,4-5,11-16H2,1-3H3/i3D3,4D2,6D,7D,8D,9D,10D. The van der Waals surface area contributed by atoms with Gasteiger partial charge in [0.1, 0.15) is 5.72 Å². The van der Waals surface area contributed by atoms with Gasteiger partial charge in [0.15, 0.2) is 0 Å². The van der Waals surface area contributed by atoms with Crippen LogP contribution in [0.15, 0.2) is 35.0 Å². The average Bonchev–Trinajstić information content (AvgIpc) is 3.21. The number of para-hydroxylation sites is 1. The van der Waals surface area contributed by atoms with Gasteiger partial charge in [0.05, 0.1) is 17.5 Å². The topological polar surface area (TPSA) is 85.5 Å². The number of aryl methyl sites for hydroxylation is 1. The van der Waals surface area contributed by atoms with Crippen molar-refractivity contribution < 1.29 is 23.2 Å². The molecular weight excluding hydrogens is 372 g/mol. The number of likely N-dealkylation sites (tertiary alicyclic amines) is 1. The highest BCUT2D eigenvalue weighted by atomic mass is 16.5. The van der Waals surface area contributed by atoms with Gasteiger partial charge < -0.3 is 9.64 Å². The Bertz CT molecular complexity index is 1250. The maximum Gasteiger partial charge on any atom is 0.363 e. The average molecular weight is 413 g/mol. The first kappa shape index (κ1) is 11.6. The van der Waals surface area contributed by atoms with Crippen molar-refractivity contribution in [1.29, 1.82) is 0 Å². The number of aromatic nitrogens is 4. The number of hydrogen-bond donors (Lipinski definition) is 0. The zero-order valence-electron chi connectivity index (χ0n) is 26.4. The van der Waals surface area contributed by atoms with Gasteiger partial charge in [0, 0.05) is 60.9 Å². The number of amides is 1. The number of piperidine rings is 1. The van der Waals surface area contributed by atoms with Crippen LogP contribution in [-0.4, -0.2) is 63.0 Å². The normalized spacial score (nSPS) is 22.6. The molecule has 0 atom stereocenters. The maximum absolute atomic E-state index is 13.5. The van der Waals surface area contributed by atoms with Crippen LogP contribution in [0.4, 0.5) is 5.69 Å². The number of tetrazole rings is 1. The Labute approximate surface area is 184 Å². The molecule has 158 valence electrons. The molecule has 9 nitrogen and oxygen atoms in total. The van der Waals surface area contributed by atoms with E-state index in [1.807, 2.05) is 4.90 Å². The SMILES string of the molecule is [2H]c1c([2H])c([2H])c(N(C(=O)C([2H])([2H])C)C2(OC([2H])([2H])[2H])CCN(CCn3nnn(CC)c3=O)CC2)c([2H])c1[2H]. The number of carbonyl (C=O) groups is 1. The molecule has 29 heavy (non-hydrogen) atoms. The summed E-state index contributed by atoms with van der Waals surface area (Å²) in [5, 5.41) is 7.57. The van der Waals surface area contributed by atoms with Crippen LogP contribution >= 0.6 is 0 Å². The van der Waals surface area contributed by atoms with Crippen molar-refractivity contribution >= 4 is 11.6 Å². The summed E-state index contributed by atoms with van der Waals surface area (Å²) < 4.78 is 88.0. The zero-order chi connectivity index (χ0) is 29.5. The lowest BCUT2D eigenvalue weighted by Gasteiger charge is -2.47. The van der Waals surface area contributed by atoms with Crippen molar-refractivity contribution in [3.8, 4) is 0 Å². The summed E-state index contributed by atoms with van der Waals surface area (Å²) in [6.07, 6.45) is -3.02. The highest BCUT2D eigenvalue weighted by Gasteiger charge is 2.43. The molecule has 0 saturated carbocycles. The maximum atomic E-state index is 13.5. The highest BCUT2D eigenvalue weighted by Crippen LogP contribution is 2.34. The fourth-order valence-electron chi connectivity index (χ4n) is 3.34. The summed E-state index contributed by atoms with van der Waals surface area (Å²) in [5.41, 5.74) is -3.13. The Morgan fingerprint density at radius 2 is 1.93 bits per heavy atom. The molecular formula is C20H30N6O3. The molecule has 0 bridgehead atoms. The van der Waals surface area contributed by atoms with Crippen LogP contribution in [0.25, 0.3) is 0 Å². The van der Waals surface area contributed by atoms with E-state index in [4.69, 9.17) is 18.4 Å². The Hall–Kier alpha value is -2.52. The Morgan fingerprint density at radius 1 is 1.24 bits per heavy atom. The molecule has 1 aliphatic heterocycles. The van der Waals surface area contributed by atoms with Crippen LogP contribution in [0.2, 0.25) is 0 Å². The molecule has 2 aromatic rings. The minimum atomic E-state index is -3.08. The monoisotopic (exact) mass is 412 g/mol. The number of rotatable bonds is 8. The molecule has 1 amide bonds. The Balaban J connectivity index is 2.04. The molecule has 1 fully saturated rings. The Morgan fingerprint density at radius 3 is 2.52 bits per heavy atom. The quantitative estimate of drug-likeness (QED) is 0.608. The van der Waals surface area contributed by atoms with Crippen molar-refractivity contribution in [2.45, 2.75) is 51.9 Å². The van der Waals surface area contributed by atoms with E-state index in [1.165, 1.54) is 9.36 Å². The lowest BCUT2D eigenvalue weighted by Crippen LogP contribution is -2.59. The minimum Gasteiger partial charge on any atom is -0.358 e. The number of anilines is 1. The van der Waals surface area contributed by atoms with Crippen LogP contribution < -0.4 is 10.6 Å². The fraction of sp³-hybridized carbons (Fsp3) is 0.600. The van der Waals surface area contributed by atoms with E-state index >= 15 is 0 Å². The number of ether oxygens (including phenoxy) is 1. The van der Waals surface area contributed by atoms with Crippen molar-refractivity contribution in [2.75, 3.05) is 31.6 Å². The molecule has 0 spiro atoms. The van der Waals surface area contributed by atoms with Gasteiger partial charge in [0.25, 0.3) is 0 Å². The van der Waals surface area contributed by atoms with Gasteiger partial charge in [0.2, 0.25) is 5.91 Å². The molecule has 1 aromatic heterocycles. The molecule has 2 heterocycles. The summed E-state index contributed by atoms with van der Waals surface area (Å²) >= 11 is 0. The van der Waals surface area contributed by atoms with Crippen molar-refractivity contribution in [1.82, 2.24) is 24.7 Å². The first-order valence-corrected chi connectivity index (χ1v) is 9.28. The van der Waals surface area contributed by atoms with Crippen LogP contribution in [0, 0.1) is 0 Å². The summed E-state index contributed by atoms with van der Waals surface area (Å²) in [7, 11) is -3.08. The van der Waals surface area contributed by atoms with E-state index in [0.717, 1.165) is 6.92 Å². The van der Waals surface area contributed by atoms with Crippen molar-refractivity contribution in [3.05, 3.63) is 40.7 Å². The van der Waals surface area contributed by atoms with E-state index in [-0.39, 0.29) is 32.5 Å². The van der Waals surface area contributed by atoms with E-state index < -0.39 is 66.6 Å². The number of carbonyl (C=O) groups excluding carboxylic acids is 1. The van der Waals surface area contributed by atoms with Crippen LogP contribution in [-0.2, 0) is 22.6 Å². The van der Waals surface area contributed by atoms with Gasteiger partial charge in [-0.3, -0.25) is 9.69 Å². The lowest BCUT2D eigenvalue weighted by molar-refractivity contribution is -0.128. The molecule has 0 radical (unpaired) electrons. The van der Waals surface area contributed by atoms with Gasteiger partial charge in [-0.15, -0.1) is 0 Å². The van der Waals surface area contributed by atoms with Crippen LogP contribution in [0.3, 0.4) is 0 Å². The number of hydrogen-bond acceptors (Lipinski definition) is 6. The second-order valence-electron chi connectivity index (χ2n) is 6.55. The zero-order valence-corrected chi connectivity index (χ0v) is 16.4. The first-order chi connectivity index (χ1) is 17.9. The number of benzene rings is 1. The predicted molar refractivity (Wildman–Crippen MR) is 110 cm³/mol. The lowest BCUT2D eigenvalue weighted by atomic mass is 9.96.